The van der Waals surface area contributed by atoms with Crippen LogP contribution >= 0.6 is 22.2 Å². The normalized spacial score (nSPS) is 31.3. The smallest absolute Gasteiger partial charge is 0.145 e. The third-order valence-electron chi connectivity index (χ3n) is 3.42. The number of hydrogen-bond donors (Lipinski definition) is 0. The summed E-state index contributed by atoms with van der Waals surface area (Å²) in [6, 6.07) is 0.932. The third kappa shape index (κ3) is 4.30. The molecule has 0 radical (unpaired) electrons. The molecule has 1 saturated heterocycles. The Balaban J connectivity index is 2.92. The molecule has 1 aliphatic rings. The van der Waals surface area contributed by atoms with Gasteiger partial charge in [0.05, 0.1) is 0 Å². The van der Waals surface area contributed by atoms with Crippen LogP contribution in [0.2, 0.25) is 31.2 Å². The molecule has 0 amide bonds. The SMILES string of the molecule is CC(C)(C)CC1C(C)(C#C[Si](C)(C)C)C[Si]1(Cl)Cl. The lowest BCUT2D eigenvalue weighted by Gasteiger charge is -2.53. The topological polar surface area (TPSA) is 0 Å². The summed E-state index contributed by atoms with van der Waals surface area (Å²) in [5.74, 6) is 3.54. The zero-order valence-corrected chi connectivity index (χ0v) is 16.3. The van der Waals surface area contributed by atoms with Crippen LogP contribution < -0.4 is 0 Å². The van der Waals surface area contributed by atoms with Crippen molar-refractivity contribution < 1.29 is 0 Å². The van der Waals surface area contributed by atoms with Crippen molar-refractivity contribution in [1.82, 2.24) is 0 Å². The highest BCUT2D eigenvalue weighted by atomic mass is 35.7. The standard InChI is InChI=1S/C14H26Cl2Si2/c1-13(2,3)10-12-14(4,11-18(12,15)16)8-9-17(5,6)7/h12H,10-11H2,1-7H3. The number of rotatable bonds is 1. The van der Waals surface area contributed by atoms with Crippen LogP contribution in [0.25, 0.3) is 0 Å². The van der Waals surface area contributed by atoms with Gasteiger partial charge in [0.25, 0.3) is 6.69 Å². The van der Waals surface area contributed by atoms with E-state index < -0.39 is 14.8 Å². The van der Waals surface area contributed by atoms with E-state index in [1.54, 1.807) is 0 Å². The lowest BCUT2D eigenvalue weighted by atomic mass is 9.78. The van der Waals surface area contributed by atoms with E-state index >= 15 is 0 Å². The highest BCUT2D eigenvalue weighted by molar-refractivity contribution is 7.47. The molecule has 4 heteroatoms. The Bertz CT molecular complexity index is 379. The minimum atomic E-state index is -2.06. The van der Waals surface area contributed by atoms with Crippen molar-refractivity contribution in [2.75, 3.05) is 0 Å². The van der Waals surface area contributed by atoms with Gasteiger partial charge in [-0.25, -0.2) is 0 Å². The van der Waals surface area contributed by atoms with Crippen LogP contribution in [0.3, 0.4) is 0 Å². The molecule has 0 nitrogen and oxygen atoms in total. The minimum absolute atomic E-state index is 0.0588. The van der Waals surface area contributed by atoms with Crippen molar-refractivity contribution in [3.8, 4) is 11.5 Å². The van der Waals surface area contributed by atoms with Crippen LogP contribution in [0.15, 0.2) is 0 Å². The Hall–Kier alpha value is 0.574. The molecule has 0 spiro atoms. The van der Waals surface area contributed by atoms with E-state index in [4.69, 9.17) is 22.2 Å². The predicted octanol–water partition coefficient (Wildman–Crippen LogP) is 5.61. The summed E-state index contributed by atoms with van der Waals surface area (Å²) in [5, 5.41) is 0. The summed E-state index contributed by atoms with van der Waals surface area (Å²) in [7, 11) is -1.32. The maximum absolute atomic E-state index is 6.56. The highest BCUT2D eigenvalue weighted by Gasteiger charge is 2.61. The van der Waals surface area contributed by atoms with Crippen LogP contribution in [-0.4, -0.2) is 14.8 Å². The third-order valence-corrected chi connectivity index (χ3v) is 9.75. The predicted molar refractivity (Wildman–Crippen MR) is 89.3 cm³/mol. The Morgan fingerprint density at radius 2 is 1.78 bits per heavy atom. The molecular formula is C14H26Cl2Si2. The minimum Gasteiger partial charge on any atom is -0.145 e. The van der Waals surface area contributed by atoms with Crippen molar-refractivity contribution in [2.24, 2.45) is 10.8 Å². The lowest BCUT2D eigenvalue weighted by Crippen LogP contribution is -2.53. The molecule has 0 bridgehead atoms. The van der Waals surface area contributed by atoms with E-state index in [0.717, 1.165) is 12.5 Å². The zero-order valence-electron chi connectivity index (χ0n) is 12.7. The van der Waals surface area contributed by atoms with Crippen molar-refractivity contribution in [1.29, 1.82) is 0 Å². The first-order chi connectivity index (χ1) is 7.75. The molecule has 104 valence electrons. The van der Waals surface area contributed by atoms with Crippen molar-refractivity contribution in [3.05, 3.63) is 0 Å². The van der Waals surface area contributed by atoms with Gasteiger partial charge in [-0.05, 0) is 30.3 Å². The quantitative estimate of drug-likeness (QED) is 0.334. The first kappa shape index (κ1) is 16.6. The largest absolute Gasteiger partial charge is 0.257 e. The fourth-order valence-electron chi connectivity index (χ4n) is 2.52. The van der Waals surface area contributed by atoms with Gasteiger partial charge in [-0.1, -0.05) is 40.4 Å². The molecule has 0 aliphatic carbocycles. The fourth-order valence-corrected chi connectivity index (χ4v) is 9.97. The van der Waals surface area contributed by atoms with E-state index in [9.17, 15) is 0 Å². The Kier molecular flexibility index (Phi) is 4.47. The summed E-state index contributed by atoms with van der Waals surface area (Å²) in [4.78, 5) is 0. The Morgan fingerprint density at radius 3 is 2.11 bits per heavy atom. The van der Waals surface area contributed by atoms with Gasteiger partial charge in [0.2, 0.25) is 0 Å². The molecule has 1 aliphatic heterocycles. The molecule has 2 unspecified atom stereocenters. The average Bonchev–Trinajstić information content (AvgIpc) is 2.08. The summed E-state index contributed by atoms with van der Waals surface area (Å²) < 4.78 is 0. The van der Waals surface area contributed by atoms with E-state index in [-0.39, 0.29) is 10.8 Å². The highest BCUT2D eigenvalue weighted by Crippen LogP contribution is 2.64. The average molecular weight is 321 g/mol. The van der Waals surface area contributed by atoms with Crippen LogP contribution in [0, 0.1) is 22.3 Å². The van der Waals surface area contributed by atoms with Gasteiger partial charge in [0.1, 0.15) is 8.07 Å². The molecule has 0 N–H and O–H groups in total. The molecule has 0 aromatic carbocycles. The Morgan fingerprint density at radius 1 is 1.28 bits per heavy atom. The van der Waals surface area contributed by atoms with Crippen LogP contribution in [0.5, 0.6) is 0 Å². The summed E-state index contributed by atoms with van der Waals surface area (Å²) >= 11 is 13.1. The van der Waals surface area contributed by atoms with E-state index in [2.05, 4.69) is 58.8 Å². The van der Waals surface area contributed by atoms with Gasteiger partial charge in [0, 0.05) is 5.41 Å². The molecular weight excluding hydrogens is 295 g/mol. The molecule has 1 rings (SSSR count). The van der Waals surface area contributed by atoms with E-state index in [0.29, 0.717) is 5.54 Å². The van der Waals surface area contributed by atoms with Crippen molar-refractivity contribution in [3.63, 3.8) is 0 Å². The molecule has 1 fully saturated rings. The fraction of sp³-hybridized carbons (Fsp3) is 0.857. The molecule has 18 heavy (non-hydrogen) atoms. The van der Waals surface area contributed by atoms with Gasteiger partial charge in [0.15, 0.2) is 0 Å². The maximum Gasteiger partial charge on any atom is 0.257 e. The van der Waals surface area contributed by atoms with Gasteiger partial charge in [-0.3, -0.25) is 0 Å². The second-order valence-corrected chi connectivity index (χ2v) is 20.1. The molecule has 0 saturated carbocycles. The summed E-state index contributed by atoms with van der Waals surface area (Å²) in [5.41, 5.74) is 4.26. The van der Waals surface area contributed by atoms with Crippen LogP contribution in [0.1, 0.15) is 34.1 Å². The van der Waals surface area contributed by atoms with E-state index in [1.165, 1.54) is 0 Å². The van der Waals surface area contributed by atoms with Crippen LogP contribution in [0.4, 0.5) is 0 Å². The van der Waals surface area contributed by atoms with Crippen LogP contribution in [-0.2, 0) is 0 Å². The summed E-state index contributed by atoms with van der Waals surface area (Å²) in [6.07, 6.45) is 1.09. The number of hydrogen-bond acceptors (Lipinski definition) is 0. The van der Waals surface area contributed by atoms with Gasteiger partial charge < -0.3 is 0 Å². The summed E-state index contributed by atoms with van der Waals surface area (Å²) in [6.45, 7) is 13.8. The first-order valence-corrected chi connectivity index (χ1v) is 14.5. The van der Waals surface area contributed by atoms with Gasteiger partial charge in [-0.2, -0.15) is 0 Å². The molecule has 0 aromatic heterocycles. The maximum atomic E-state index is 6.56. The second-order valence-electron chi connectivity index (χ2n) is 8.17. The van der Waals surface area contributed by atoms with Gasteiger partial charge >= 0.3 is 0 Å². The number of halogens is 2. The Labute approximate surface area is 124 Å². The molecule has 0 aromatic rings. The van der Waals surface area contributed by atoms with Crippen molar-refractivity contribution >= 4 is 36.9 Å². The first-order valence-electron chi connectivity index (χ1n) is 6.67. The second kappa shape index (κ2) is 4.84. The molecule has 2 atom stereocenters. The zero-order chi connectivity index (χ0) is 14.4. The van der Waals surface area contributed by atoms with Gasteiger partial charge in [-0.15, -0.1) is 33.6 Å². The molecule has 1 heterocycles. The van der Waals surface area contributed by atoms with E-state index in [1.807, 2.05) is 0 Å². The van der Waals surface area contributed by atoms with Crippen molar-refractivity contribution in [2.45, 2.75) is 65.3 Å². The monoisotopic (exact) mass is 320 g/mol. The lowest BCUT2D eigenvalue weighted by molar-refractivity contribution is 0.274.